The van der Waals surface area contributed by atoms with Crippen molar-refractivity contribution in [2.45, 2.75) is 46.1 Å². The van der Waals surface area contributed by atoms with E-state index >= 15 is 0 Å². The normalized spacial score (nSPS) is 15.4. The Balaban J connectivity index is 2.32. The topological polar surface area (TPSA) is 55.8 Å². The summed E-state index contributed by atoms with van der Waals surface area (Å²) in [5.41, 5.74) is 1.60. The second-order valence-electron chi connectivity index (χ2n) is 7.27. The van der Waals surface area contributed by atoms with Crippen molar-refractivity contribution < 1.29 is 19.1 Å². The lowest BCUT2D eigenvalue weighted by Crippen LogP contribution is -2.37. The lowest BCUT2D eigenvalue weighted by atomic mass is 9.96. The first-order chi connectivity index (χ1) is 12.6. The molecule has 1 aliphatic heterocycles. The van der Waals surface area contributed by atoms with Gasteiger partial charge in [0, 0.05) is 18.7 Å². The zero-order valence-corrected chi connectivity index (χ0v) is 17.6. The molecule has 1 aromatic carbocycles. The summed E-state index contributed by atoms with van der Waals surface area (Å²) in [7, 11) is 0. The van der Waals surface area contributed by atoms with Crippen molar-refractivity contribution in [2.75, 3.05) is 19.7 Å². The highest BCUT2D eigenvalue weighted by atomic mass is 35.5. The van der Waals surface area contributed by atoms with Crippen molar-refractivity contribution >= 4 is 40.8 Å². The Morgan fingerprint density at radius 2 is 1.78 bits per heavy atom. The minimum Gasteiger partial charge on any atom is -0.463 e. The fourth-order valence-electron chi connectivity index (χ4n) is 2.86. The van der Waals surface area contributed by atoms with Crippen LogP contribution in [0.15, 0.2) is 23.8 Å². The van der Waals surface area contributed by atoms with Gasteiger partial charge in [-0.2, -0.15) is 0 Å². The molecule has 0 N–H and O–H groups in total. The van der Waals surface area contributed by atoms with Crippen LogP contribution in [0, 0.1) is 0 Å². The van der Waals surface area contributed by atoms with Crippen molar-refractivity contribution in [3.63, 3.8) is 0 Å². The highest BCUT2D eigenvalue weighted by Gasteiger charge is 2.28. The third-order valence-electron chi connectivity index (χ3n) is 4.07. The molecule has 1 aliphatic rings. The van der Waals surface area contributed by atoms with Gasteiger partial charge in [0.25, 0.3) is 0 Å². The zero-order valence-electron chi connectivity index (χ0n) is 16.1. The number of esters is 1. The summed E-state index contributed by atoms with van der Waals surface area (Å²) in [4.78, 5) is 26.6. The number of halogens is 2. The quantitative estimate of drug-likeness (QED) is 0.627. The molecule has 0 saturated heterocycles. The first-order valence-corrected chi connectivity index (χ1v) is 9.70. The van der Waals surface area contributed by atoms with E-state index in [0.29, 0.717) is 41.5 Å². The molecule has 27 heavy (non-hydrogen) atoms. The Morgan fingerprint density at radius 3 is 2.37 bits per heavy atom. The van der Waals surface area contributed by atoms with Crippen LogP contribution in [0.3, 0.4) is 0 Å². The fraction of sp³-hybridized carbons (Fsp3) is 0.500. The Bertz CT molecular complexity index is 753. The molecule has 0 radical (unpaired) electrons. The van der Waals surface area contributed by atoms with E-state index in [1.807, 2.05) is 26.8 Å². The van der Waals surface area contributed by atoms with Gasteiger partial charge in [-0.15, -0.1) is 0 Å². The molecule has 148 valence electrons. The van der Waals surface area contributed by atoms with Gasteiger partial charge in [0.1, 0.15) is 5.60 Å². The van der Waals surface area contributed by atoms with Crippen LogP contribution in [0.2, 0.25) is 10.0 Å². The molecule has 0 fully saturated rings. The van der Waals surface area contributed by atoms with Crippen molar-refractivity contribution in [1.29, 1.82) is 0 Å². The summed E-state index contributed by atoms with van der Waals surface area (Å²) >= 11 is 12.2. The summed E-state index contributed by atoms with van der Waals surface area (Å²) in [6.45, 7) is 8.35. The van der Waals surface area contributed by atoms with Gasteiger partial charge in [-0.25, -0.2) is 9.59 Å². The summed E-state index contributed by atoms with van der Waals surface area (Å²) < 4.78 is 10.7. The second-order valence-corrected chi connectivity index (χ2v) is 8.09. The third-order valence-corrected chi connectivity index (χ3v) is 4.81. The zero-order chi connectivity index (χ0) is 20.2. The van der Waals surface area contributed by atoms with Gasteiger partial charge in [-0.3, -0.25) is 0 Å². The molecular weight excluding hydrogens is 389 g/mol. The van der Waals surface area contributed by atoms with Gasteiger partial charge in [0.05, 0.1) is 16.7 Å². The molecule has 0 unspecified atom stereocenters. The third kappa shape index (κ3) is 5.88. The van der Waals surface area contributed by atoms with Crippen LogP contribution in [-0.2, 0) is 14.3 Å². The summed E-state index contributed by atoms with van der Waals surface area (Å²) in [6, 6.07) is 5.26. The van der Waals surface area contributed by atoms with Gasteiger partial charge in [0.2, 0.25) is 0 Å². The lowest BCUT2D eigenvalue weighted by molar-refractivity contribution is -0.138. The predicted octanol–water partition coefficient (Wildman–Crippen LogP) is 5.34. The number of benzene rings is 1. The van der Waals surface area contributed by atoms with E-state index in [9.17, 15) is 9.59 Å². The number of rotatable bonds is 3. The predicted molar refractivity (Wildman–Crippen MR) is 107 cm³/mol. The van der Waals surface area contributed by atoms with Crippen LogP contribution >= 0.6 is 23.2 Å². The minimum absolute atomic E-state index is 0.284. The monoisotopic (exact) mass is 413 g/mol. The van der Waals surface area contributed by atoms with Crippen LogP contribution in [0.25, 0.3) is 5.57 Å². The van der Waals surface area contributed by atoms with Gasteiger partial charge >= 0.3 is 12.1 Å². The highest BCUT2D eigenvalue weighted by molar-refractivity contribution is 6.42. The molecular formula is C20H25Cl2NO4. The Morgan fingerprint density at radius 1 is 1.11 bits per heavy atom. The summed E-state index contributed by atoms with van der Waals surface area (Å²) in [6.07, 6.45) is 0.486. The van der Waals surface area contributed by atoms with Crippen LogP contribution in [0.4, 0.5) is 4.79 Å². The number of hydrogen-bond acceptors (Lipinski definition) is 4. The molecule has 0 spiro atoms. The molecule has 7 heteroatoms. The van der Waals surface area contributed by atoms with E-state index in [1.54, 1.807) is 24.0 Å². The maximum atomic E-state index is 12.5. The number of amides is 1. The highest BCUT2D eigenvalue weighted by Crippen LogP contribution is 2.33. The molecule has 5 nitrogen and oxygen atoms in total. The van der Waals surface area contributed by atoms with Gasteiger partial charge in [0.15, 0.2) is 0 Å². The molecule has 0 saturated carbocycles. The molecule has 0 bridgehead atoms. The van der Waals surface area contributed by atoms with E-state index in [2.05, 4.69) is 0 Å². The first-order valence-electron chi connectivity index (χ1n) is 8.95. The molecule has 1 heterocycles. The van der Waals surface area contributed by atoms with Gasteiger partial charge in [-0.05, 0) is 63.8 Å². The molecule has 1 aromatic rings. The first kappa shape index (κ1) is 21.6. The average Bonchev–Trinajstić information content (AvgIpc) is 2.79. The SMILES string of the molecule is CCOC(=O)C1=C(c2ccc(Cl)c(Cl)c2)CCN(C(=O)OC(C)(C)C)CC1. The number of hydrogen-bond donors (Lipinski definition) is 0. The standard InChI is InChI=1S/C20H25Cl2NO4/c1-5-26-18(24)15-9-11-23(19(25)27-20(2,3)4)10-8-14(15)13-6-7-16(21)17(22)12-13/h6-7,12H,5,8-11H2,1-4H3. The van der Waals surface area contributed by atoms with Crippen molar-refractivity contribution in [2.24, 2.45) is 0 Å². The number of carbonyl (C=O) groups is 2. The Labute approximate surface area is 170 Å². The molecule has 0 aromatic heterocycles. The summed E-state index contributed by atoms with van der Waals surface area (Å²) in [5.74, 6) is -0.371. The molecule has 0 atom stereocenters. The number of ether oxygens (including phenoxy) is 2. The number of carbonyl (C=O) groups excluding carboxylic acids is 2. The van der Waals surface area contributed by atoms with Crippen LogP contribution in [0.1, 0.15) is 46.1 Å². The van der Waals surface area contributed by atoms with Crippen molar-refractivity contribution in [3.8, 4) is 0 Å². The molecule has 0 aliphatic carbocycles. The van der Waals surface area contributed by atoms with Crippen LogP contribution in [-0.4, -0.2) is 42.3 Å². The summed E-state index contributed by atoms with van der Waals surface area (Å²) in [5, 5.41) is 0.862. The van der Waals surface area contributed by atoms with Gasteiger partial charge < -0.3 is 14.4 Å². The Hall–Kier alpha value is -1.72. The molecule has 2 rings (SSSR count). The van der Waals surface area contributed by atoms with Crippen molar-refractivity contribution in [1.82, 2.24) is 4.90 Å². The minimum atomic E-state index is -0.576. The van der Waals surface area contributed by atoms with E-state index in [0.717, 1.165) is 11.1 Å². The largest absolute Gasteiger partial charge is 0.463 e. The van der Waals surface area contributed by atoms with E-state index in [4.69, 9.17) is 32.7 Å². The molecule has 1 amide bonds. The van der Waals surface area contributed by atoms with Crippen LogP contribution in [0.5, 0.6) is 0 Å². The lowest BCUT2D eigenvalue weighted by Gasteiger charge is -2.26. The number of nitrogens with zero attached hydrogens (tertiary/aromatic N) is 1. The van der Waals surface area contributed by atoms with Crippen molar-refractivity contribution in [3.05, 3.63) is 39.4 Å². The smallest absolute Gasteiger partial charge is 0.410 e. The Kier molecular flexibility index (Phi) is 7.18. The maximum absolute atomic E-state index is 12.5. The van der Waals surface area contributed by atoms with Crippen LogP contribution < -0.4 is 0 Å². The fourth-order valence-corrected chi connectivity index (χ4v) is 3.16. The van der Waals surface area contributed by atoms with E-state index in [1.165, 1.54) is 0 Å². The van der Waals surface area contributed by atoms with Gasteiger partial charge in [-0.1, -0.05) is 29.3 Å². The maximum Gasteiger partial charge on any atom is 0.410 e. The second kappa shape index (κ2) is 8.98. The van der Waals surface area contributed by atoms with E-state index in [-0.39, 0.29) is 18.7 Å². The van der Waals surface area contributed by atoms with E-state index < -0.39 is 5.60 Å². The average molecular weight is 414 g/mol.